The molecule has 1 N–H and O–H groups in total. The number of nitrogens with zero attached hydrogens (tertiary/aromatic N) is 2. The minimum absolute atomic E-state index is 0.512. The van der Waals surface area contributed by atoms with E-state index >= 15 is 0 Å². The van der Waals surface area contributed by atoms with E-state index in [1.807, 2.05) is 0 Å². The summed E-state index contributed by atoms with van der Waals surface area (Å²) in [6.07, 6.45) is 5.00. The zero-order valence-corrected chi connectivity index (χ0v) is 9.65. The van der Waals surface area contributed by atoms with Gasteiger partial charge in [0.1, 0.15) is 5.82 Å². The van der Waals surface area contributed by atoms with Crippen LogP contribution in [0.1, 0.15) is 38.9 Å². The third-order valence-electron chi connectivity index (χ3n) is 3.01. The maximum atomic E-state index is 4.39. The fourth-order valence-electron chi connectivity index (χ4n) is 1.72. The number of hydrogen-bond acceptors (Lipinski definition) is 4. The molecule has 4 heteroatoms. The molecule has 1 aromatic rings. The van der Waals surface area contributed by atoms with Crippen LogP contribution in [0.15, 0.2) is 0 Å². The van der Waals surface area contributed by atoms with Crippen molar-refractivity contribution in [2.24, 2.45) is 5.41 Å². The van der Waals surface area contributed by atoms with Crippen LogP contribution in [0.3, 0.4) is 0 Å². The normalized spacial score (nSPS) is 19.0. The Labute approximate surface area is 89.1 Å². The molecule has 0 spiro atoms. The number of nitrogens with one attached hydrogen (secondary N) is 1. The largest absolute Gasteiger partial charge is 0.360 e. The van der Waals surface area contributed by atoms with Crippen molar-refractivity contribution in [3.8, 4) is 0 Å². The van der Waals surface area contributed by atoms with Crippen LogP contribution in [0.4, 0.5) is 5.13 Å². The Bertz CT molecular complexity index is 304. The minimum Gasteiger partial charge on any atom is -0.360 e. The molecule has 1 heterocycles. The molecule has 1 aliphatic rings. The van der Waals surface area contributed by atoms with Crippen LogP contribution in [-0.4, -0.2) is 15.9 Å². The molecule has 0 aliphatic heterocycles. The van der Waals surface area contributed by atoms with Crippen LogP contribution < -0.4 is 5.32 Å². The van der Waals surface area contributed by atoms with E-state index in [0.29, 0.717) is 5.41 Å². The molecule has 1 fully saturated rings. The summed E-state index contributed by atoms with van der Waals surface area (Å²) in [5.41, 5.74) is 0.512. The predicted molar refractivity (Wildman–Crippen MR) is 59.7 cm³/mol. The van der Waals surface area contributed by atoms with Crippen molar-refractivity contribution in [3.63, 3.8) is 0 Å². The van der Waals surface area contributed by atoms with Crippen LogP contribution in [0.2, 0.25) is 0 Å². The highest BCUT2D eigenvalue weighted by molar-refractivity contribution is 7.09. The van der Waals surface area contributed by atoms with Gasteiger partial charge in [0.25, 0.3) is 0 Å². The van der Waals surface area contributed by atoms with Crippen LogP contribution in [-0.2, 0) is 6.42 Å². The van der Waals surface area contributed by atoms with Crippen molar-refractivity contribution < 1.29 is 0 Å². The minimum atomic E-state index is 0.512. The molecule has 0 amide bonds. The van der Waals surface area contributed by atoms with Crippen molar-refractivity contribution in [2.75, 3.05) is 11.9 Å². The van der Waals surface area contributed by atoms with Crippen molar-refractivity contribution >= 4 is 16.7 Å². The van der Waals surface area contributed by atoms with E-state index in [9.17, 15) is 0 Å². The van der Waals surface area contributed by atoms with Crippen LogP contribution >= 0.6 is 11.5 Å². The van der Waals surface area contributed by atoms with Crippen molar-refractivity contribution in [2.45, 2.75) is 39.5 Å². The molecule has 1 saturated carbocycles. The number of hydrogen-bond donors (Lipinski definition) is 1. The Balaban J connectivity index is 1.85. The highest BCUT2D eigenvalue weighted by Crippen LogP contribution is 2.40. The molecule has 0 bridgehead atoms. The molecular weight excluding hydrogens is 194 g/mol. The molecule has 3 nitrogen and oxygen atoms in total. The van der Waals surface area contributed by atoms with Gasteiger partial charge in [0.2, 0.25) is 5.13 Å². The van der Waals surface area contributed by atoms with Crippen LogP contribution in [0, 0.1) is 5.41 Å². The van der Waals surface area contributed by atoms with Gasteiger partial charge >= 0.3 is 0 Å². The fraction of sp³-hybridized carbons (Fsp3) is 0.800. The number of aryl methyl sites for hydroxylation is 1. The molecule has 2 rings (SSSR count). The van der Waals surface area contributed by atoms with Gasteiger partial charge in [-0.15, -0.1) is 0 Å². The first kappa shape index (κ1) is 9.90. The second-order valence-electron chi connectivity index (χ2n) is 4.39. The second-order valence-corrected chi connectivity index (χ2v) is 5.14. The molecule has 0 unspecified atom stereocenters. The standard InChI is InChI=1S/C10H17N3S/c1-3-8-12-9(14-13-8)11-7-10(2)5-4-6-10/h3-7H2,1-2H3,(H,11,12,13). The molecule has 78 valence electrons. The Morgan fingerprint density at radius 1 is 1.50 bits per heavy atom. The average molecular weight is 211 g/mol. The Morgan fingerprint density at radius 2 is 2.29 bits per heavy atom. The molecule has 14 heavy (non-hydrogen) atoms. The third kappa shape index (κ3) is 2.05. The Kier molecular flexibility index (Phi) is 2.72. The first-order valence-corrected chi connectivity index (χ1v) is 6.06. The maximum Gasteiger partial charge on any atom is 0.202 e. The average Bonchev–Trinajstić information content (AvgIpc) is 2.59. The first-order chi connectivity index (χ1) is 6.72. The van der Waals surface area contributed by atoms with Crippen molar-refractivity contribution in [3.05, 3.63) is 5.82 Å². The number of rotatable bonds is 4. The van der Waals surface area contributed by atoms with Gasteiger partial charge in [0, 0.05) is 24.5 Å². The van der Waals surface area contributed by atoms with Gasteiger partial charge in [-0.3, -0.25) is 0 Å². The molecule has 0 saturated heterocycles. The van der Waals surface area contributed by atoms with E-state index in [4.69, 9.17) is 0 Å². The van der Waals surface area contributed by atoms with Crippen molar-refractivity contribution in [1.29, 1.82) is 0 Å². The third-order valence-corrected chi connectivity index (χ3v) is 3.72. The lowest BCUT2D eigenvalue weighted by Gasteiger charge is -2.38. The monoisotopic (exact) mass is 211 g/mol. The fourth-order valence-corrected chi connectivity index (χ4v) is 2.36. The summed E-state index contributed by atoms with van der Waals surface area (Å²) in [7, 11) is 0. The molecule has 0 atom stereocenters. The zero-order chi connectivity index (χ0) is 10.0. The number of aromatic nitrogens is 2. The van der Waals surface area contributed by atoms with E-state index in [-0.39, 0.29) is 0 Å². The quantitative estimate of drug-likeness (QED) is 0.832. The molecule has 1 aromatic heterocycles. The van der Waals surface area contributed by atoms with Gasteiger partial charge in [-0.2, -0.15) is 4.37 Å². The highest BCUT2D eigenvalue weighted by Gasteiger charge is 2.31. The van der Waals surface area contributed by atoms with E-state index in [2.05, 4.69) is 28.5 Å². The summed E-state index contributed by atoms with van der Waals surface area (Å²) in [5.74, 6) is 0.955. The van der Waals surface area contributed by atoms with Crippen LogP contribution in [0.25, 0.3) is 0 Å². The molecule has 0 aromatic carbocycles. The second kappa shape index (κ2) is 3.85. The molecular formula is C10H17N3S. The lowest BCUT2D eigenvalue weighted by atomic mass is 9.70. The molecule has 0 radical (unpaired) electrons. The predicted octanol–water partition coefficient (Wildman–Crippen LogP) is 2.70. The number of anilines is 1. The summed E-state index contributed by atoms with van der Waals surface area (Å²) in [4.78, 5) is 4.39. The molecule has 1 aliphatic carbocycles. The van der Waals surface area contributed by atoms with Gasteiger partial charge in [-0.1, -0.05) is 20.3 Å². The van der Waals surface area contributed by atoms with Gasteiger partial charge in [-0.25, -0.2) is 4.98 Å². The highest BCUT2D eigenvalue weighted by atomic mass is 32.1. The Hall–Kier alpha value is -0.640. The zero-order valence-electron chi connectivity index (χ0n) is 8.84. The van der Waals surface area contributed by atoms with Crippen molar-refractivity contribution in [1.82, 2.24) is 9.36 Å². The summed E-state index contributed by atoms with van der Waals surface area (Å²) in [5, 5.41) is 4.37. The van der Waals surface area contributed by atoms with E-state index in [1.165, 1.54) is 30.8 Å². The lowest BCUT2D eigenvalue weighted by molar-refractivity contribution is 0.180. The maximum absolute atomic E-state index is 4.39. The smallest absolute Gasteiger partial charge is 0.202 e. The van der Waals surface area contributed by atoms with E-state index < -0.39 is 0 Å². The SMILES string of the molecule is CCc1nsc(NCC2(C)CCC2)n1. The Morgan fingerprint density at radius 3 is 2.79 bits per heavy atom. The lowest BCUT2D eigenvalue weighted by Crippen LogP contribution is -2.33. The summed E-state index contributed by atoms with van der Waals surface area (Å²) in [6, 6.07) is 0. The topological polar surface area (TPSA) is 37.8 Å². The van der Waals surface area contributed by atoms with Gasteiger partial charge in [0.05, 0.1) is 0 Å². The summed E-state index contributed by atoms with van der Waals surface area (Å²) in [6.45, 7) is 5.47. The summed E-state index contributed by atoms with van der Waals surface area (Å²) < 4.78 is 4.25. The van der Waals surface area contributed by atoms with Crippen LogP contribution in [0.5, 0.6) is 0 Å². The van der Waals surface area contributed by atoms with Gasteiger partial charge < -0.3 is 5.32 Å². The first-order valence-electron chi connectivity index (χ1n) is 5.28. The van der Waals surface area contributed by atoms with E-state index in [1.54, 1.807) is 0 Å². The summed E-state index contributed by atoms with van der Waals surface area (Å²) >= 11 is 1.48. The van der Waals surface area contributed by atoms with E-state index in [0.717, 1.165) is 23.9 Å². The van der Waals surface area contributed by atoms with Gasteiger partial charge in [0.15, 0.2) is 0 Å². The van der Waals surface area contributed by atoms with Gasteiger partial charge in [-0.05, 0) is 18.3 Å².